The van der Waals surface area contributed by atoms with Crippen LogP contribution in [0.15, 0.2) is 61.2 Å². The Morgan fingerprint density at radius 1 is 1.03 bits per heavy atom. The lowest BCUT2D eigenvalue weighted by molar-refractivity contribution is 0.0992. The number of anilines is 1. The molecule has 5 rings (SSSR count). The second-order valence-electron chi connectivity index (χ2n) is 7.92. The van der Waals surface area contributed by atoms with E-state index in [1.54, 1.807) is 31.6 Å². The topological polar surface area (TPSA) is 78.0 Å². The van der Waals surface area contributed by atoms with Crippen molar-refractivity contribution in [1.29, 1.82) is 0 Å². The van der Waals surface area contributed by atoms with Crippen LogP contribution in [0.25, 0.3) is 21.9 Å². The summed E-state index contributed by atoms with van der Waals surface area (Å²) in [6.07, 6.45) is 7.32. The Morgan fingerprint density at radius 2 is 1.91 bits per heavy atom. The Balaban J connectivity index is 1.31. The number of nitrogens with zero attached hydrogens (tertiary/aromatic N) is 5. The highest BCUT2D eigenvalue weighted by Gasteiger charge is 2.18. The van der Waals surface area contributed by atoms with Gasteiger partial charge in [-0.3, -0.25) is 14.9 Å². The van der Waals surface area contributed by atoms with Crippen LogP contribution in [0.3, 0.4) is 0 Å². The van der Waals surface area contributed by atoms with E-state index in [4.69, 9.17) is 2.74 Å². The second kappa shape index (κ2) is 8.88. The van der Waals surface area contributed by atoms with Crippen LogP contribution in [0.2, 0.25) is 0 Å². The molecule has 162 valence electrons. The zero-order chi connectivity index (χ0) is 23.7. The standard InChI is InChI=1S/C25H26N6O/c1-2-30-7-9-31(10-8-30)25-13-19(5-6-26-25)24(32)14-23-12-21-11-18(22-16-28-29-17-22)3-4-20(21)15-27-23/h3-6,11-13,15-17H,2,7-10,14H2,1H3,(H,28,29)/i2D2. The number of ketones is 1. The maximum Gasteiger partial charge on any atom is 0.169 e. The molecule has 0 radical (unpaired) electrons. The molecular weight excluding hydrogens is 400 g/mol. The Labute approximate surface area is 189 Å². The molecule has 3 aromatic heterocycles. The van der Waals surface area contributed by atoms with E-state index in [1.165, 1.54) is 0 Å². The Hall–Kier alpha value is -3.58. The Kier molecular flexibility index (Phi) is 5.01. The zero-order valence-corrected chi connectivity index (χ0v) is 18.0. The molecule has 32 heavy (non-hydrogen) atoms. The van der Waals surface area contributed by atoms with Gasteiger partial charge in [0, 0.05) is 69.7 Å². The highest BCUT2D eigenvalue weighted by Crippen LogP contribution is 2.24. The molecule has 7 nitrogen and oxygen atoms in total. The second-order valence-corrected chi connectivity index (χ2v) is 7.92. The van der Waals surface area contributed by atoms with Crippen molar-refractivity contribution in [2.45, 2.75) is 13.3 Å². The molecule has 0 atom stereocenters. The number of piperazine rings is 1. The zero-order valence-electron chi connectivity index (χ0n) is 20.0. The van der Waals surface area contributed by atoms with Gasteiger partial charge in [0.2, 0.25) is 0 Å². The number of hydrogen-bond donors (Lipinski definition) is 1. The van der Waals surface area contributed by atoms with E-state index < -0.39 is 6.50 Å². The number of nitrogens with one attached hydrogen (secondary N) is 1. The van der Waals surface area contributed by atoms with Crippen LogP contribution in [0.5, 0.6) is 0 Å². The third-order valence-electron chi connectivity index (χ3n) is 5.94. The normalized spacial score (nSPS) is 16.1. The van der Waals surface area contributed by atoms with Crippen molar-refractivity contribution in [2.75, 3.05) is 37.6 Å². The van der Waals surface area contributed by atoms with Gasteiger partial charge in [0.1, 0.15) is 5.82 Å². The summed E-state index contributed by atoms with van der Waals surface area (Å²) in [7, 11) is 0. The van der Waals surface area contributed by atoms with E-state index in [0.717, 1.165) is 33.4 Å². The minimum Gasteiger partial charge on any atom is -0.354 e. The molecule has 0 unspecified atom stereocenters. The molecule has 0 aliphatic carbocycles. The van der Waals surface area contributed by atoms with E-state index in [9.17, 15) is 4.79 Å². The minimum absolute atomic E-state index is 0.00924. The Morgan fingerprint density at radius 3 is 2.69 bits per heavy atom. The first-order valence-electron chi connectivity index (χ1n) is 11.7. The first kappa shape index (κ1) is 18.0. The fraction of sp³-hybridized carbons (Fsp3) is 0.280. The van der Waals surface area contributed by atoms with Crippen LogP contribution in [-0.4, -0.2) is 63.5 Å². The van der Waals surface area contributed by atoms with E-state index >= 15 is 0 Å². The maximum atomic E-state index is 13.1. The number of aromatic nitrogens is 4. The van der Waals surface area contributed by atoms with Crippen molar-refractivity contribution in [2.24, 2.45) is 0 Å². The monoisotopic (exact) mass is 428 g/mol. The predicted octanol–water partition coefficient (Wildman–Crippen LogP) is 3.59. The summed E-state index contributed by atoms with van der Waals surface area (Å²) in [5, 5.41) is 8.90. The van der Waals surface area contributed by atoms with Crippen LogP contribution in [0.4, 0.5) is 5.82 Å². The Bertz CT molecular complexity index is 1310. The number of aromatic amines is 1. The molecule has 1 N–H and O–H groups in total. The average Bonchev–Trinajstić information content (AvgIpc) is 3.38. The first-order chi connectivity index (χ1) is 16.4. The van der Waals surface area contributed by atoms with E-state index in [2.05, 4.69) is 31.1 Å². The molecule has 1 saturated heterocycles. The first-order valence-corrected chi connectivity index (χ1v) is 10.7. The summed E-state index contributed by atoms with van der Waals surface area (Å²) in [4.78, 5) is 25.9. The highest BCUT2D eigenvalue weighted by atomic mass is 16.1. The highest BCUT2D eigenvalue weighted by molar-refractivity contribution is 5.98. The van der Waals surface area contributed by atoms with Crippen molar-refractivity contribution >= 4 is 22.4 Å². The number of carbonyl (C=O) groups is 1. The fourth-order valence-electron chi connectivity index (χ4n) is 4.06. The predicted molar refractivity (Wildman–Crippen MR) is 126 cm³/mol. The SMILES string of the molecule is [2H]C([2H])(C)N1CCN(c2cc(C(=O)Cc3cc4cc(-c5cn[nH]c5)ccc4cn3)ccn2)CC1. The van der Waals surface area contributed by atoms with Gasteiger partial charge in [-0.25, -0.2) is 4.98 Å². The van der Waals surface area contributed by atoms with Gasteiger partial charge in [-0.05, 0) is 41.7 Å². The van der Waals surface area contributed by atoms with Crippen LogP contribution in [-0.2, 0) is 6.42 Å². The lowest BCUT2D eigenvalue weighted by Crippen LogP contribution is -2.46. The maximum absolute atomic E-state index is 13.1. The van der Waals surface area contributed by atoms with Gasteiger partial charge in [-0.1, -0.05) is 19.1 Å². The fourth-order valence-corrected chi connectivity index (χ4v) is 4.06. The van der Waals surface area contributed by atoms with Crippen LogP contribution < -0.4 is 4.90 Å². The molecule has 1 aliphatic heterocycles. The number of hydrogen-bond acceptors (Lipinski definition) is 6. The number of carbonyl (C=O) groups excluding carboxylic acids is 1. The number of Topliss-reactive ketones (excluding diaryl/α,β-unsaturated/α-hetero) is 1. The van der Waals surface area contributed by atoms with Gasteiger partial charge in [0.25, 0.3) is 0 Å². The molecule has 0 spiro atoms. The van der Waals surface area contributed by atoms with Gasteiger partial charge < -0.3 is 9.80 Å². The summed E-state index contributed by atoms with van der Waals surface area (Å²) < 4.78 is 15.8. The van der Waals surface area contributed by atoms with E-state index in [0.29, 0.717) is 31.7 Å². The quantitative estimate of drug-likeness (QED) is 0.473. The van der Waals surface area contributed by atoms with Gasteiger partial charge in [-0.2, -0.15) is 5.10 Å². The number of benzene rings is 1. The molecule has 1 aromatic carbocycles. The largest absolute Gasteiger partial charge is 0.354 e. The summed E-state index contributed by atoms with van der Waals surface area (Å²) in [5.74, 6) is 0.739. The molecule has 0 bridgehead atoms. The number of pyridine rings is 2. The summed E-state index contributed by atoms with van der Waals surface area (Å²) in [5.41, 5.74) is 3.39. The lowest BCUT2D eigenvalue weighted by atomic mass is 10.0. The molecule has 4 aromatic rings. The van der Waals surface area contributed by atoms with Gasteiger partial charge in [0.15, 0.2) is 5.78 Å². The average molecular weight is 429 g/mol. The molecule has 0 saturated carbocycles. The summed E-state index contributed by atoms with van der Waals surface area (Å²) in [6, 6.07) is 11.7. The number of likely N-dealkylation sites (N-methyl/N-ethyl adjacent to an activating group) is 1. The summed E-state index contributed by atoms with van der Waals surface area (Å²) >= 11 is 0. The molecule has 7 heteroatoms. The number of H-pyrrole nitrogens is 1. The van der Waals surface area contributed by atoms with Gasteiger partial charge in [0.05, 0.1) is 12.6 Å². The van der Waals surface area contributed by atoms with Crippen molar-refractivity contribution in [1.82, 2.24) is 25.1 Å². The van der Waals surface area contributed by atoms with Gasteiger partial charge >= 0.3 is 0 Å². The van der Waals surface area contributed by atoms with Crippen molar-refractivity contribution in [3.8, 4) is 11.1 Å². The van der Waals surface area contributed by atoms with Crippen LogP contribution in [0.1, 0.15) is 25.7 Å². The van der Waals surface area contributed by atoms with Crippen LogP contribution in [0, 0.1) is 0 Å². The summed E-state index contributed by atoms with van der Waals surface area (Å²) in [6.45, 7) is 2.82. The van der Waals surface area contributed by atoms with Crippen molar-refractivity contribution in [3.63, 3.8) is 0 Å². The lowest BCUT2D eigenvalue weighted by Gasteiger charge is -2.34. The number of rotatable bonds is 6. The van der Waals surface area contributed by atoms with Gasteiger partial charge in [-0.15, -0.1) is 0 Å². The van der Waals surface area contributed by atoms with Crippen molar-refractivity contribution < 1.29 is 7.54 Å². The third kappa shape index (κ3) is 4.24. The molecular formula is C25H26N6O. The smallest absolute Gasteiger partial charge is 0.169 e. The van der Waals surface area contributed by atoms with E-state index in [-0.39, 0.29) is 12.2 Å². The van der Waals surface area contributed by atoms with E-state index in [1.807, 2.05) is 35.4 Å². The molecule has 4 heterocycles. The van der Waals surface area contributed by atoms with Crippen LogP contribution >= 0.6 is 0 Å². The van der Waals surface area contributed by atoms with Crippen molar-refractivity contribution in [3.05, 3.63) is 72.4 Å². The minimum atomic E-state index is -1.33. The number of fused-ring (bicyclic) bond motifs is 1. The molecule has 1 aliphatic rings. The molecule has 1 fully saturated rings. The third-order valence-corrected chi connectivity index (χ3v) is 5.94. The molecule has 0 amide bonds.